The maximum atomic E-state index is 12.2. The number of nitrogens with zero attached hydrogens (tertiary/aromatic N) is 2. The first-order valence-electron chi connectivity index (χ1n) is 6.33. The first-order valence-corrected chi connectivity index (χ1v) is 7.55. The predicted octanol–water partition coefficient (Wildman–Crippen LogP) is 3.13. The van der Waals surface area contributed by atoms with Crippen molar-refractivity contribution in [2.45, 2.75) is 24.7 Å². The van der Waals surface area contributed by atoms with Gasteiger partial charge in [-0.1, -0.05) is 19.1 Å². The van der Waals surface area contributed by atoms with Crippen LogP contribution in [0.25, 0.3) is 0 Å². The number of hydrogen-bond donors (Lipinski definition) is 0. The molecular weight excluding hydrogens is 256 g/mol. The van der Waals surface area contributed by atoms with Gasteiger partial charge in [0.05, 0.1) is 12.1 Å². The number of hydrogen-bond acceptors (Lipinski definition) is 3. The lowest BCUT2D eigenvalue weighted by Gasteiger charge is -2.03. The van der Waals surface area contributed by atoms with Crippen molar-refractivity contribution in [3.05, 3.63) is 47.3 Å². The molecule has 0 bridgehead atoms. The van der Waals surface area contributed by atoms with Crippen molar-refractivity contribution in [3.63, 3.8) is 0 Å². The van der Waals surface area contributed by atoms with Crippen molar-refractivity contribution in [2.75, 3.05) is 6.26 Å². The van der Waals surface area contributed by atoms with Gasteiger partial charge in [-0.25, -0.2) is 0 Å². The first-order chi connectivity index (χ1) is 9.13. The molecule has 1 aromatic carbocycles. The van der Waals surface area contributed by atoms with Gasteiger partial charge in [-0.15, -0.1) is 11.8 Å². The van der Waals surface area contributed by atoms with Crippen molar-refractivity contribution < 1.29 is 4.79 Å². The Morgan fingerprint density at radius 3 is 2.53 bits per heavy atom. The lowest BCUT2D eigenvalue weighted by atomic mass is 10.1. The predicted molar refractivity (Wildman–Crippen MR) is 78.8 cm³/mol. The summed E-state index contributed by atoms with van der Waals surface area (Å²) in [5, 5.41) is 4.36. The molecule has 2 rings (SSSR count). The molecule has 0 spiro atoms. The highest BCUT2D eigenvalue weighted by atomic mass is 32.2. The third kappa shape index (κ3) is 3.26. The van der Waals surface area contributed by atoms with Gasteiger partial charge in [0.1, 0.15) is 0 Å². The van der Waals surface area contributed by atoms with Gasteiger partial charge in [-0.3, -0.25) is 9.48 Å². The standard InChI is InChI=1S/C15H18N2OS/c1-4-12-9-13(17(2)16-12)10-15(18)11-5-7-14(19-3)8-6-11/h5-9H,4,10H2,1-3H3. The van der Waals surface area contributed by atoms with Crippen LogP contribution in [0, 0.1) is 0 Å². The minimum Gasteiger partial charge on any atom is -0.294 e. The Bertz CT molecular complexity index is 572. The summed E-state index contributed by atoms with van der Waals surface area (Å²) in [5.74, 6) is 0.137. The zero-order chi connectivity index (χ0) is 13.8. The molecule has 0 aliphatic heterocycles. The van der Waals surface area contributed by atoms with E-state index < -0.39 is 0 Å². The van der Waals surface area contributed by atoms with Crippen LogP contribution in [0.3, 0.4) is 0 Å². The van der Waals surface area contributed by atoms with Crippen molar-refractivity contribution in [1.29, 1.82) is 0 Å². The number of Topliss-reactive ketones (excluding diaryl/α,β-unsaturated/α-hetero) is 1. The number of rotatable bonds is 5. The Kier molecular flexibility index (Phi) is 4.43. The second kappa shape index (κ2) is 6.06. The van der Waals surface area contributed by atoms with Crippen LogP contribution in [0.5, 0.6) is 0 Å². The number of benzene rings is 1. The van der Waals surface area contributed by atoms with Crippen molar-refractivity contribution in [2.24, 2.45) is 7.05 Å². The molecule has 0 radical (unpaired) electrons. The third-order valence-electron chi connectivity index (χ3n) is 3.14. The molecule has 19 heavy (non-hydrogen) atoms. The lowest BCUT2D eigenvalue weighted by Crippen LogP contribution is -2.07. The van der Waals surface area contributed by atoms with Gasteiger partial charge >= 0.3 is 0 Å². The molecule has 4 heteroatoms. The van der Waals surface area contributed by atoms with E-state index in [0.717, 1.165) is 23.4 Å². The number of aryl methyl sites for hydroxylation is 2. The van der Waals surface area contributed by atoms with E-state index in [4.69, 9.17) is 0 Å². The van der Waals surface area contributed by atoms with E-state index >= 15 is 0 Å². The van der Waals surface area contributed by atoms with Gasteiger partial charge in [0.25, 0.3) is 0 Å². The van der Waals surface area contributed by atoms with E-state index in [-0.39, 0.29) is 5.78 Å². The van der Waals surface area contributed by atoms with E-state index in [1.54, 1.807) is 16.4 Å². The molecule has 3 nitrogen and oxygen atoms in total. The summed E-state index contributed by atoms with van der Waals surface area (Å²) in [7, 11) is 1.89. The molecule has 0 aliphatic carbocycles. The highest BCUT2D eigenvalue weighted by Crippen LogP contribution is 2.16. The topological polar surface area (TPSA) is 34.9 Å². The summed E-state index contributed by atoms with van der Waals surface area (Å²) < 4.78 is 1.80. The van der Waals surface area contributed by atoms with Gasteiger partial charge in [-0.2, -0.15) is 5.10 Å². The summed E-state index contributed by atoms with van der Waals surface area (Å²) in [5.41, 5.74) is 2.76. The number of carbonyl (C=O) groups excluding carboxylic acids is 1. The molecule has 0 fully saturated rings. The molecule has 0 unspecified atom stereocenters. The normalized spacial score (nSPS) is 10.7. The number of ketones is 1. The molecule has 0 saturated heterocycles. The van der Waals surface area contributed by atoms with E-state index in [0.29, 0.717) is 6.42 Å². The second-order valence-corrected chi connectivity index (χ2v) is 5.31. The molecule has 2 aromatic rings. The molecular formula is C15H18N2OS. The largest absolute Gasteiger partial charge is 0.294 e. The zero-order valence-corrected chi connectivity index (χ0v) is 12.3. The quantitative estimate of drug-likeness (QED) is 0.620. The number of aromatic nitrogens is 2. The zero-order valence-electron chi connectivity index (χ0n) is 11.5. The molecule has 0 amide bonds. The van der Waals surface area contributed by atoms with Crippen molar-refractivity contribution in [3.8, 4) is 0 Å². The Labute approximate surface area is 118 Å². The van der Waals surface area contributed by atoms with E-state index in [2.05, 4.69) is 12.0 Å². The highest BCUT2D eigenvalue weighted by molar-refractivity contribution is 7.98. The summed E-state index contributed by atoms with van der Waals surface area (Å²) in [6.07, 6.45) is 3.32. The minimum absolute atomic E-state index is 0.137. The van der Waals surface area contributed by atoms with Crippen molar-refractivity contribution in [1.82, 2.24) is 9.78 Å². The molecule has 0 aliphatic rings. The van der Waals surface area contributed by atoms with Gasteiger partial charge in [0, 0.05) is 23.2 Å². The fourth-order valence-electron chi connectivity index (χ4n) is 1.95. The smallest absolute Gasteiger partial charge is 0.168 e. The Hall–Kier alpha value is -1.55. The average molecular weight is 274 g/mol. The molecule has 1 aromatic heterocycles. The monoisotopic (exact) mass is 274 g/mol. The van der Waals surface area contributed by atoms with E-state index in [1.165, 1.54) is 4.90 Å². The van der Waals surface area contributed by atoms with Gasteiger partial charge in [0.2, 0.25) is 0 Å². The number of thioether (sulfide) groups is 1. The Morgan fingerprint density at radius 2 is 2.00 bits per heavy atom. The third-order valence-corrected chi connectivity index (χ3v) is 3.89. The van der Waals surface area contributed by atoms with Crippen LogP contribution in [0.2, 0.25) is 0 Å². The van der Waals surface area contributed by atoms with Crippen LogP contribution < -0.4 is 0 Å². The van der Waals surface area contributed by atoms with Crippen LogP contribution in [-0.4, -0.2) is 21.8 Å². The van der Waals surface area contributed by atoms with E-state index in [1.807, 2.05) is 43.6 Å². The summed E-state index contributed by atoms with van der Waals surface area (Å²) in [6, 6.07) is 9.77. The second-order valence-electron chi connectivity index (χ2n) is 4.43. The number of carbonyl (C=O) groups is 1. The summed E-state index contributed by atoms with van der Waals surface area (Å²) in [6.45, 7) is 2.06. The minimum atomic E-state index is 0.137. The van der Waals surface area contributed by atoms with Crippen LogP contribution in [0.4, 0.5) is 0 Å². The van der Waals surface area contributed by atoms with E-state index in [9.17, 15) is 4.79 Å². The average Bonchev–Trinajstić information content (AvgIpc) is 2.79. The van der Waals surface area contributed by atoms with Crippen LogP contribution in [-0.2, 0) is 19.9 Å². The highest BCUT2D eigenvalue weighted by Gasteiger charge is 2.11. The van der Waals surface area contributed by atoms with Gasteiger partial charge in [-0.05, 0) is 30.9 Å². The van der Waals surface area contributed by atoms with Gasteiger partial charge < -0.3 is 0 Å². The van der Waals surface area contributed by atoms with Crippen molar-refractivity contribution >= 4 is 17.5 Å². The van der Waals surface area contributed by atoms with Crippen LogP contribution in [0.1, 0.15) is 28.7 Å². The fraction of sp³-hybridized carbons (Fsp3) is 0.333. The maximum absolute atomic E-state index is 12.2. The molecule has 0 atom stereocenters. The summed E-state index contributed by atoms with van der Waals surface area (Å²) >= 11 is 1.68. The van der Waals surface area contributed by atoms with Crippen LogP contribution in [0.15, 0.2) is 35.2 Å². The Balaban J connectivity index is 2.13. The lowest BCUT2D eigenvalue weighted by molar-refractivity contribution is 0.0990. The SMILES string of the molecule is CCc1cc(CC(=O)c2ccc(SC)cc2)n(C)n1. The van der Waals surface area contributed by atoms with Gasteiger partial charge in [0.15, 0.2) is 5.78 Å². The molecule has 0 saturated carbocycles. The Morgan fingerprint density at radius 1 is 1.32 bits per heavy atom. The fourth-order valence-corrected chi connectivity index (χ4v) is 2.36. The molecule has 1 heterocycles. The molecule has 100 valence electrons. The molecule has 0 N–H and O–H groups in total. The first kappa shape index (κ1) is 13.9. The van der Waals surface area contributed by atoms with Crippen LogP contribution >= 0.6 is 11.8 Å². The maximum Gasteiger partial charge on any atom is 0.168 e. The summed E-state index contributed by atoms with van der Waals surface area (Å²) in [4.78, 5) is 13.4.